The van der Waals surface area contributed by atoms with Crippen molar-refractivity contribution in [3.63, 3.8) is 0 Å². The van der Waals surface area contributed by atoms with Crippen LogP contribution in [0.25, 0.3) is 5.69 Å². The predicted octanol–water partition coefficient (Wildman–Crippen LogP) is 2.32. The van der Waals surface area contributed by atoms with Crippen LogP contribution < -0.4 is 5.32 Å². The fourth-order valence-electron chi connectivity index (χ4n) is 2.68. The minimum Gasteiger partial charge on any atom is -0.335 e. The van der Waals surface area contributed by atoms with Crippen molar-refractivity contribution in [2.45, 2.75) is 19.4 Å². The van der Waals surface area contributed by atoms with E-state index in [-0.39, 0.29) is 17.8 Å². The average molecular weight is 354 g/mol. The lowest BCUT2D eigenvalue weighted by Crippen LogP contribution is -2.38. The Hall–Kier alpha value is -1.63. The van der Waals surface area contributed by atoms with Crippen molar-refractivity contribution >= 4 is 29.1 Å². The predicted molar refractivity (Wildman–Crippen MR) is 89.5 cm³/mol. The number of nitrogens with zero attached hydrogens (tertiary/aromatic N) is 4. The summed E-state index contributed by atoms with van der Waals surface area (Å²) in [4.78, 5) is 18.6. The molecule has 1 N–H and O–H groups in total. The Kier molecular flexibility index (Phi) is 4.57. The standard InChI is InChI=1S/C15H17Cl2N5O/c1-9-19-14(15(23)21(2)10-6-7-18-8-10)20-22(9)13-11(16)4-3-5-12(13)17/h3-5,10,18H,6-8H2,1-2H3. The molecule has 0 bridgehead atoms. The molecule has 0 aliphatic carbocycles. The Bertz CT molecular complexity index is 719. The molecule has 0 saturated carbocycles. The van der Waals surface area contributed by atoms with Crippen LogP contribution in [0, 0.1) is 6.92 Å². The second-order valence-corrected chi connectivity index (χ2v) is 6.34. The zero-order chi connectivity index (χ0) is 16.6. The van der Waals surface area contributed by atoms with Crippen LogP contribution in [-0.4, -0.2) is 51.8 Å². The summed E-state index contributed by atoms with van der Waals surface area (Å²) in [5.41, 5.74) is 0.532. The van der Waals surface area contributed by atoms with E-state index in [4.69, 9.17) is 23.2 Å². The van der Waals surface area contributed by atoms with Crippen LogP contribution in [0.15, 0.2) is 18.2 Å². The molecule has 1 amide bonds. The zero-order valence-electron chi connectivity index (χ0n) is 12.9. The number of nitrogens with one attached hydrogen (secondary N) is 1. The van der Waals surface area contributed by atoms with E-state index in [9.17, 15) is 4.79 Å². The summed E-state index contributed by atoms with van der Waals surface area (Å²) >= 11 is 12.4. The van der Waals surface area contributed by atoms with Crippen LogP contribution >= 0.6 is 23.2 Å². The maximum Gasteiger partial charge on any atom is 0.293 e. The van der Waals surface area contributed by atoms with Gasteiger partial charge in [0.1, 0.15) is 11.5 Å². The quantitative estimate of drug-likeness (QED) is 0.919. The third kappa shape index (κ3) is 3.06. The van der Waals surface area contributed by atoms with Crippen LogP contribution in [0.4, 0.5) is 0 Å². The molecule has 3 rings (SSSR count). The van der Waals surface area contributed by atoms with Gasteiger partial charge in [-0.3, -0.25) is 4.79 Å². The summed E-state index contributed by atoms with van der Waals surface area (Å²) in [6.45, 7) is 3.47. The largest absolute Gasteiger partial charge is 0.335 e. The topological polar surface area (TPSA) is 63.1 Å². The fraction of sp³-hybridized carbons (Fsp3) is 0.400. The van der Waals surface area contributed by atoms with Crippen molar-refractivity contribution in [3.05, 3.63) is 39.9 Å². The van der Waals surface area contributed by atoms with Crippen LogP contribution in [-0.2, 0) is 0 Å². The van der Waals surface area contributed by atoms with Gasteiger partial charge in [0.2, 0.25) is 5.82 Å². The highest BCUT2D eigenvalue weighted by Crippen LogP contribution is 2.28. The number of aromatic nitrogens is 3. The Morgan fingerprint density at radius 1 is 1.39 bits per heavy atom. The highest BCUT2D eigenvalue weighted by molar-refractivity contribution is 6.37. The number of hydrogen-bond donors (Lipinski definition) is 1. The van der Waals surface area contributed by atoms with Crippen LogP contribution in [0.2, 0.25) is 10.0 Å². The summed E-state index contributed by atoms with van der Waals surface area (Å²) in [7, 11) is 1.78. The first-order valence-electron chi connectivity index (χ1n) is 7.35. The van der Waals surface area contributed by atoms with E-state index in [1.54, 1.807) is 37.1 Å². The number of para-hydroxylation sites is 1. The zero-order valence-corrected chi connectivity index (χ0v) is 14.4. The summed E-state index contributed by atoms with van der Waals surface area (Å²) in [6, 6.07) is 5.37. The van der Waals surface area contributed by atoms with E-state index >= 15 is 0 Å². The molecule has 1 atom stereocenters. The van der Waals surface area contributed by atoms with Crippen LogP contribution in [0.1, 0.15) is 22.9 Å². The molecule has 23 heavy (non-hydrogen) atoms. The maximum absolute atomic E-state index is 12.6. The molecule has 1 aliphatic heterocycles. The first-order valence-corrected chi connectivity index (χ1v) is 8.10. The molecule has 122 valence electrons. The number of amides is 1. The highest BCUT2D eigenvalue weighted by Gasteiger charge is 2.27. The monoisotopic (exact) mass is 353 g/mol. The minimum atomic E-state index is -0.205. The van der Waals surface area contributed by atoms with E-state index in [0.29, 0.717) is 21.6 Å². The van der Waals surface area contributed by atoms with Gasteiger partial charge < -0.3 is 10.2 Å². The lowest BCUT2D eigenvalue weighted by atomic mass is 10.2. The van der Waals surface area contributed by atoms with E-state index in [2.05, 4.69) is 15.4 Å². The molecular formula is C15H17Cl2N5O. The molecular weight excluding hydrogens is 337 g/mol. The second-order valence-electron chi connectivity index (χ2n) is 5.53. The number of likely N-dealkylation sites (N-methyl/N-ethyl adjacent to an activating group) is 1. The summed E-state index contributed by atoms with van der Waals surface area (Å²) in [5.74, 6) is 0.498. The number of rotatable bonds is 3. The highest BCUT2D eigenvalue weighted by atomic mass is 35.5. The SMILES string of the molecule is Cc1nc(C(=O)N(C)C2CCNC2)nn1-c1c(Cl)cccc1Cl. The van der Waals surface area contributed by atoms with Gasteiger partial charge in [-0.2, -0.15) is 0 Å². The Morgan fingerprint density at radius 2 is 2.09 bits per heavy atom. The molecule has 1 unspecified atom stereocenters. The normalized spacial score (nSPS) is 17.5. The number of carbonyl (C=O) groups excluding carboxylic acids is 1. The molecule has 1 aromatic carbocycles. The third-order valence-corrected chi connectivity index (χ3v) is 4.62. The lowest BCUT2D eigenvalue weighted by Gasteiger charge is -2.22. The molecule has 1 aromatic heterocycles. The maximum atomic E-state index is 12.6. The van der Waals surface area contributed by atoms with E-state index in [1.807, 2.05) is 0 Å². The average Bonchev–Trinajstić information content (AvgIpc) is 3.16. The molecule has 0 spiro atoms. The minimum absolute atomic E-state index is 0.146. The number of hydrogen-bond acceptors (Lipinski definition) is 4. The van der Waals surface area contributed by atoms with Crippen molar-refractivity contribution in [3.8, 4) is 5.69 Å². The number of benzene rings is 1. The molecule has 2 aromatic rings. The summed E-state index contributed by atoms with van der Waals surface area (Å²) in [6.07, 6.45) is 0.929. The van der Waals surface area contributed by atoms with Crippen LogP contribution in [0.3, 0.4) is 0 Å². The molecule has 1 saturated heterocycles. The van der Waals surface area contributed by atoms with Crippen molar-refractivity contribution in [1.82, 2.24) is 25.0 Å². The molecule has 6 nitrogen and oxygen atoms in total. The summed E-state index contributed by atoms with van der Waals surface area (Å²) in [5, 5.41) is 8.47. The van der Waals surface area contributed by atoms with E-state index in [1.165, 1.54) is 4.68 Å². The first kappa shape index (κ1) is 16.2. The van der Waals surface area contributed by atoms with Gasteiger partial charge in [0.05, 0.1) is 10.0 Å². The fourth-order valence-corrected chi connectivity index (χ4v) is 3.23. The molecule has 8 heteroatoms. The number of aryl methyl sites for hydroxylation is 1. The Morgan fingerprint density at radius 3 is 2.70 bits per heavy atom. The van der Waals surface area contributed by atoms with Gasteiger partial charge in [0.15, 0.2) is 0 Å². The van der Waals surface area contributed by atoms with Gasteiger partial charge in [-0.15, -0.1) is 5.10 Å². The van der Waals surface area contributed by atoms with Gasteiger partial charge in [-0.05, 0) is 32.0 Å². The van der Waals surface area contributed by atoms with Gasteiger partial charge in [-0.1, -0.05) is 29.3 Å². The van der Waals surface area contributed by atoms with Crippen molar-refractivity contribution in [2.75, 3.05) is 20.1 Å². The van der Waals surface area contributed by atoms with Gasteiger partial charge in [0.25, 0.3) is 5.91 Å². The van der Waals surface area contributed by atoms with E-state index in [0.717, 1.165) is 19.5 Å². The van der Waals surface area contributed by atoms with Crippen molar-refractivity contribution in [1.29, 1.82) is 0 Å². The Balaban J connectivity index is 1.93. The van der Waals surface area contributed by atoms with Crippen molar-refractivity contribution < 1.29 is 4.79 Å². The van der Waals surface area contributed by atoms with Gasteiger partial charge in [-0.25, -0.2) is 9.67 Å². The van der Waals surface area contributed by atoms with E-state index < -0.39 is 0 Å². The van der Waals surface area contributed by atoms with Gasteiger partial charge >= 0.3 is 0 Å². The summed E-state index contributed by atoms with van der Waals surface area (Å²) < 4.78 is 1.51. The lowest BCUT2D eigenvalue weighted by molar-refractivity contribution is 0.0731. The van der Waals surface area contributed by atoms with Gasteiger partial charge in [0, 0.05) is 19.6 Å². The Labute approximate surface area is 144 Å². The third-order valence-electron chi connectivity index (χ3n) is 4.01. The number of halogens is 2. The molecule has 1 fully saturated rings. The molecule has 0 radical (unpaired) electrons. The molecule has 2 heterocycles. The first-order chi connectivity index (χ1) is 11.0. The molecule has 1 aliphatic rings. The number of carbonyl (C=O) groups is 1. The van der Waals surface area contributed by atoms with Crippen LogP contribution in [0.5, 0.6) is 0 Å². The van der Waals surface area contributed by atoms with Crippen molar-refractivity contribution in [2.24, 2.45) is 0 Å². The second kappa shape index (κ2) is 6.47. The smallest absolute Gasteiger partial charge is 0.293 e.